The Labute approximate surface area is 129 Å². The number of hydrogen-bond donors (Lipinski definition) is 2. The number of rotatable bonds is 7. The number of hydrogen-bond acceptors (Lipinski definition) is 2. The van der Waals surface area contributed by atoms with Crippen LogP contribution in [0.3, 0.4) is 0 Å². The quantitative estimate of drug-likeness (QED) is 0.599. The molecular formula is C17H29N3O. The van der Waals surface area contributed by atoms with Gasteiger partial charge in [-0.15, -0.1) is 0 Å². The Hall–Kier alpha value is -1.71. The van der Waals surface area contributed by atoms with Gasteiger partial charge in [-0.25, -0.2) is 0 Å². The van der Waals surface area contributed by atoms with Crippen molar-refractivity contribution < 1.29 is 4.74 Å². The zero-order chi connectivity index (χ0) is 15.7. The van der Waals surface area contributed by atoms with Crippen LogP contribution in [0, 0.1) is 5.92 Å². The zero-order valence-electron chi connectivity index (χ0n) is 13.9. The van der Waals surface area contributed by atoms with E-state index >= 15 is 0 Å². The maximum absolute atomic E-state index is 5.89. The smallest absolute Gasteiger partial charge is 0.191 e. The van der Waals surface area contributed by atoms with Crippen LogP contribution >= 0.6 is 0 Å². The van der Waals surface area contributed by atoms with Gasteiger partial charge in [-0.2, -0.15) is 0 Å². The first-order chi connectivity index (χ1) is 10.0. The minimum atomic E-state index is 0.355. The van der Waals surface area contributed by atoms with Crippen LogP contribution in [-0.4, -0.2) is 25.7 Å². The van der Waals surface area contributed by atoms with Crippen LogP contribution in [0.2, 0.25) is 0 Å². The standard InChI is InChI=1S/C17H29N3O/c1-13(2)10-11-21-16-9-7-6-8-15(16)12-19-17(18-5)20-14(3)4/h6-9,13-14H,10-12H2,1-5H3,(H2,18,19,20). The van der Waals surface area contributed by atoms with E-state index in [1.165, 1.54) is 0 Å². The van der Waals surface area contributed by atoms with Gasteiger partial charge in [0.15, 0.2) is 5.96 Å². The van der Waals surface area contributed by atoms with Gasteiger partial charge < -0.3 is 15.4 Å². The summed E-state index contributed by atoms with van der Waals surface area (Å²) in [6, 6.07) is 8.50. The topological polar surface area (TPSA) is 45.7 Å². The molecule has 0 atom stereocenters. The van der Waals surface area contributed by atoms with Gasteiger partial charge in [0.25, 0.3) is 0 Å². The molecule has 0 radical (unpaired) electrons. The van der Waals surface area contributed by atoms with Crippen LogP contribution in [0.1, 0.15) is 39.7 Å². The Morgan fingerprint density at radius 2 is 1.90 bits per heavy atom. The molecule has 0 aromatic heterocycles. The summed E-state index contributed by atoms with van der Waals surface area (Å²) < 4.78 is 5.89. The Morgan fingerprint density at radius 1 is 1.19 bits per heavy atom. The molecule has 4 heteroatoms. The third kappa shape index (κ3) is 7.02. The van der Waals surface area contributed by atoms with Crippen LogP contribution in [0.15, 0.2) is 29.3 Å². The van der Waals surface area contributed by atoms with E-state index in [1.807, 2.05) is 18.2 Å². The predicted octanol–water partition coefficient (Wildman–Crippen LogP) is 3.18. The number of nitrogens with one attached hydrogen (secondary N) is 2. The molecule has 0 unspecified atom stereocenters. The summed E-state index contributed by atoms with van der Waals surface area (Å²) in [6.45, 7) is 10.1. The highest BCUT2D eigenvalue weighted by molar-refractivity contribution is 5.79. The van der Waals surface area contributed by atoms with Crippen molar-refractivity contribution in [1.82, 2.24) is 10.6 Å². The average Bonchev–Trinajstić information content (AvgIpc) is 2.44. The minimum Gasteiger partial charge on any atom is -0.493 e. The maximum Gasteiger partial charge on any atom is 0.191 e. The van der Waals surface area contributed by atoms with E-state index in [1.54, 1.807) is 7.05 Å². The maximum atomic E-state index is 5.89. The molecule has 1 aromatic rings. The van der Waals surface area contributed by atoms with E-state index in [9.17, 15) is 0 Å². The molecule has 0 saturated carbocycles. The first-order valence-electron chi connectivity index (χ1n) is 7.70. The molecule has 1 rings (SSSR count). The van der Waals surface area contributed by atoms with Crippen LogP contribution in [0.5, 0.6) is 5.75 Å². The number of guanidine groups is 1. The molecule has 0 spiro atoms. The Balaban J connectivity index is 2.58. The zero-order valence-corrected chi connectivity index (χ0v) is 13.9. The van der Waals surface area contributed by atoms with Crippen molar-refractivity contribution in [3.63, 3.8) is 0 Å². The lowest BCUT2D eigenvalue weighted by Crippen LogP contribution is -2.40. The number of ether oxygens (including phenoxy) is 1. The number of para-hydroxylation sites is 1. The summed E-state index contributed by atoms with van der Waals surface area (Å²) in [5.41, 5.74) is 1.15. The molecule has 0 fully saturated rings. The van der Waals surface area contributed by atoms with Crippen LogP contribution < -0.4 is 15.4 Å². The summed E-state index contributed by atoms with van der Waals surface area (Å²) in [7, 11) is 1.78. The molecule has 0 heterocycles. The molecule has 0 aliphatic rings. The highest BCUT2D eigenvalue weighted by atomic mass is 16.5. The van der Waals surface area contributed by atoms with Crippen molar-refractivity contribution in [1.29, 1.82) is 0 Å². The van der Waals surface area contributed by atoms with Crippen LogP contribution in [-0.2, 0) is 6.54 Å². The Morgan fingerprint density at radius 3 is 2.52 bits per heavy atom. The summed E-state index contributed by atoms with van der Waals surface area (Å²) in [6.07, 6.45) is 1.07. The minimum absolute atomic E-state index is 0.355. The summed E-state index contributed by atoms with van der Waals surface area (Å²) in [5.74, 6) is 2.41. The Kier molecular flexibility index (Phi) is 7.65. The van der Waals surface area contributed by atoms with Crippen molar-refractivity contribution in [2.45, 2.75) is 46.7 Å². The van der Waals surface area contributed by atoms with Crippen molar-refractivity contribution >= 4 is 5.96 Å². The highest BCUT2D eigenvalue weighted by Crippen LogP contribution is 2.18. The molecule has 0 aliphatic heterocycles. The number of nitrogens with zero attached hydrogens (tertiary/aromatic N) is 1. The molecule has 21 heavy (non-hydrogen) atoms. The fourth-order valence-electron chi connectivity index (χ4n) is 1.84. The largest absolute Gasteiger partial charge is 0.493 e. The summed E-state index contributed by atoms with van der Waals surface area (Å²) >= 11 is 0. The second-order valence-corrected chi connectivity index (χ2v) is 5.86. The molecule has 118 valence electrons. The number of aliphatic imine (C=N–C) groups is 1. The van der Waals surface area contributed by atoms with Crippen molar-refractivity contribution in [3.05, 3.63) is 29.8 Å². The molecule has 4 nitrogen and oxygen atoms in total. The van der Waals surface area contributed by atoms with E-state index in [4.69, 9.17) is 4.74 Å². The molecule has 1 aromatic carbocycles. The van der Waals surface area contributed by atoms with Gasteiger partial charge in [0, 0.05) is 25.2 Å². The first kappa shape index (κ1) is 17.3. The molecular weight excluding hydrogens is 262 g/mol. The van der Waals surface area contributed by atoms with Crippen LogP contribution in [0.4, 0.5) is 0 Å². The molecule has 0 aliphatic carbocycles. The third-order valence-corrected chi connectivity index (χ3v) is 3.02. The SMILES string of the molecule is CN=C(NCc1ccccc1OCCC(C)C)NC(C)C. The Bertz CT molecular complexity index is 441. The van der Waals surface area contributed by atoms with Gasteiger partial charge in [0.2, 0.25) is 0 Å². The summed E-state index contributed by atoms with van der Waals surface area (Å²) in [5, 5.41) is 6.59. The van der Waals surface area contributed by atoms with Gasteiger partial charge >= 0.3 is 0 Å². The number of benzene rings is 1. The monoisotopic (exact) mass is 291 g/mol. The average molecular weight is 291 g/mol. The first-order valence-corrected chi connectivity index (χ1v) is 7.70. The van der Waals surface area contributed by atoms with Gasteiger partial charge in [-0.1, -0.05) is 32.0 Å². The summed E-state index contributed by atoms with van der Waals surface area (Å²) in [4.78, 5) is 4.21. The molecule has 0 saturated heterocycles. The molecule has 0 bridgehead atoms. The highest BCUT2D eigenvalue weighted by Gasteiger charge is 2.05. The second-order valence-electron chi connectivity index (χ2n) is 5.86. The van der Waals surface area contributed by atoms with Gasteiger partial charge in [-0.05, 0) is 32.3 Å². The van der Waals surface area contributed by atoms with E-state index < -0.39 is 0 Å². The van der Waals surface area contributed by atoms with E-state index in [0.29, 0.717) is 18.5 Å². The van der Waals surface area contributed by atoms with Crippen molar-refractivity contribution in [3.8, 4) is 5.75 Å². The molecule has 0 amide bonds. The predicted molar refractivity (Wildman–Crippen MR) is 89.9 cm³/mol. The fraction of sp³-hybridized carbons (Fsp3) is 0.588. The van der Waals surface area contributed by atoms with E-state index in [2.05, 4.69) is 49.4 Å². The molecule has 2 N–H and O–H groups in total. The van der Waals surface area contributed by atoms with E-state index in [-0.39, 0.29) is 0 Å². The van der Waals surface area contributed by atoms with E-state index in [0.717, 1.165) is 30.3 Å². The lowest BCUT2D eigenvalue weighted by atomic mass is 10.1. The second kappa shape index (κ2) is 9.27. The van der Waals surface area contributed by atoms with Gasteiger partial charge in [-0.3, -0.25) is 4.99 Å². The van der Waals surface area contributed by atoms with Gasteiger partial charge in [0.1, 0.15) is 5.75 Å². The lowest BCUT2D eigenvalue weighted by Gasteiger charge is -2.16. The van der Waals surface area contributed by atoms with Crippen LogP contribution in [0.25, 0.3) is 0 Å². The van der Waals surface area contributed by atoms with Crippen molar-refractivity contribution in [2.24, 2.45) is 10.9 Å². The normalized spacial score (nSPS) is 11.9. The fourth-order valence-corrected chi connectivity index (χ4v) is 1.84. The van der Waals surface area contributed by atoms with Crippen molar-refractivity contribution in [2.75, 3.05) is 13.7 Å². The van der Waals surface area contributed by atoms with Gasteiger partial charge in [0.05, 0.1) is 6.61 Å². The lowest BCUT2D eigenvalue weighted by molar-refractivity contribution is 0.286. The third-order valence-electron chi connectivity index (χ3n) is 3.02.